The second kappa shape index (κ2) is 10.6. The van der Waals surface area contributed by atoms with Gasteiger partial charge in [-0.3, -0.25) is 4.90 Å². The first kappa shape index (κ1) is 17.9. The third-order valence-corrected chi connectivity index (χ3v) is 4.66. The van der Waals surface area contributed by atoms with Crippen molar-refractivity contribution in [1.29, 1.82) is 0 Å². The predicted molar refractivity (Wildman–Crippen MR) is 87.1 cm³/mol. The van der Waals surface area contributed by atoms with E-state index in [4.69, 9.17) is 0 Å². The Hall–Kier alpha value is -0.120. The quantitative estimate of drug-likeness (QED) is 0.859. The molecular formula is C17H36N2O. The van der Waals surface area contributed by atoms with Crippen LogP contribution in [0.2, 0.25) is 0 Å². The maximum atomic E-state index is 10.5. The van der Waals surface area contributed by atoms with E-state index in [1.807, 2.05) is 0 Å². The van der Waals surface area contributed by atoms with E-state index in [9.17, 15) is 5.11 Å². The molecule has 120 valence electrons. The highest BCUT2D eigenvalue weighted by Gasteiger charge is 2.22. The molecule has 1 aliphatic carbocycles. The third-order valence-electron chi connectivity index (χ3n) is 4.66. The lowest BCUT2D eigenvalue weighted by molar-refractivity contribution is 0.0458. The molecule has 1 aliphatic rings. The number of aliphatic hydroxyl groups is 1. The number of likely N-dealkylation sites (N-methyl/N-ethyl adjacent to an activating group) is 2. The Kier molecular flexibility index (Phi) is 9.49. The molecule has 0 spiro atoms. The number of nitrogens with zero attached hydrogens (tertiary/aromatic N) is 2. The number of aliphatic hydroxyl groups excluding tert-OH is 1. The van der Waals surface area contributed by atoms with Crippen molar-refractivity contribution in [2.45, 2.75) is 76.4 Å². The summed E-state index contributed by atoms with van der Waals surface area (Å²) < 4.78 is 0. The summed E-state index contributed by atoms with van der Waals surface area (Å²) in [6, 6.07) is 0.356. The molecule has 1 N–H and O–H groups in total. The van der Waals surface area contributed by atoms with Crippen LogP contribution in [0.3, 0.4) is 0 Å². The highest BCUT2D eigenvalue weighted by atomic mass is 16.3. The molecule has 20 heavy (non-hydrogen) atoms. The SMILES string of the molecule is CN(C)CCN(C)C1CCCCCCCCCCC1O. The van der Waals surface area contributed by atoms with E-state index < -0.39 is 0 Å². The fraction of sp³-hybridized carbons (Fsp3) is 1.00. The van der Waals surface area contributed by atoms with Crippen molar-refractivity contribution in [3.8, 4) is 0 Å². The van der Waals surface area contributed by atoms with E-state index in [1.54, 1.807) is 0 Å². The van der Waals surface area contributed by atoms with Crippen LogP contribution < -0.4 is 0 Å². The van der Waals surface area contributed by atoms with Crippen LogP contribution in [0.1, 0.15) is 64.2 Å². The van der Waals surface area contributed by atoms with Crippen LogP contribution >= 0.6 is 0 Å². The van der Waals surface area contributed by atoms with Gasteiger partial charge in [0.1, 0.15) is 0 Å². The van der Waals surface area contributed by atoms with Crippen molar-refractivity contribution < 1.29 is 5.11 Å². The van der Waals surface area contributed by atoms with Gasteiger partial charge in [0.15, 0.2) is 0 Å². The number of rotatable bonds is 4. The lowest BCUT2D eigenvalue weighted by Gasteiger charge is -2.33. The van der Waals surface area contributed by atoms with E-state index in [2.05, 4.69) is 30.9 Å². The summed E-state index contributed by atoms with van der Waals surface area (Å²) in [4.78, 5) is 4.61. The second-order valence-corrected chi connectivity index (χ2v) is 6.82. The van der Waals surface area contributed by atoms with Crippen LogP contribution in [-0.4, -0.2) is 61.3 Å². The molecule has 1 rings (SSSR count). The van der Waals surface area contributed by atoms with Gasteiger partial charge >= 0.3 is 0 Å². The Morgan fingerprint density at radius 2 is 1.25 bits per heavy atom. The van der Waals surface area contributed by atoms with Crippen LogP contribution in [0.15, 0.2) is 0 Å². The minimum absolute atomic E-state index is 0.137. The summed E-state index contributed by atoms with van der Waals surface area (Å²) in [6.45, 7) is 2.12. The molecule has 3 heteroatoms. The fourth-order valence-electron chi connectivity index (χ4n) is 3.19. The third kappa shape index (κ3) is 7.61. The lowest BCUT2D eigenvalue weighted by atomic mass is 9.95. The molecule has 1 saturated carbocycles. The summed E-state index contributed by atoms with van der Waals surface area (Å²) in [5, 5.41) is 10.5. The van der Waals surface area contributed by atoms with E-state index in [1.165, 1.54) is 51.4 Å². The van der Waals surface area contributed by atoms with Gasteiger partial charge in [-0.05, 0) is 34.0 Å². The van der Waals surface area contributed by atoms with Crippen molar-refractivity contribution in [3.63, 3.8) is 0 Å². The van der Waals surface area contributed by atoms with Gasteiger partial charge in [0, 0.05) is 19.1 Å². The predicted octanol–water partition coefficient (Wildman–Crippen LogP) is 3.12. The molecule has 0 aliphatic heterocycles. The normalized spacial score (nSPS) is 27.3. The Morgan fingerprint density at radius 1 is 0.750 bits per heavy atom. The average molecular weight is 284 g/mol. The molecule has 0 saturated heterocycles. The van der Waals surface area contributed by atoms with Crippen LogP contribution in [0, 0.1) is 0 Å². The van der Waals surface area contributed by atoms with E-state index in [0.29, 0.717) is 6.04 Å². The topological polar surface area (TPSA) is 26.7 Å². The molecule has 0 heterocycles. The largest absolute Gasteiger partial charge is 0.391 e. The lowest BCUT2D eigenvalue weighted by Crippen LogP contribution is -2.44. The molecule has 2 atom stereocenters. The maximum absolute atomic E-state index is 10.5. The molecule has 0 amide bonds. The molecule has 0 bridgehead atoms. The zero-order valence-electron chi connectivity index (χ0n) is 14.0. The maximum Gasteiger partial charge on any atom is 0.0695 e. The van der Waals surface area contributed by atoms with Crippen molar-refractivity contribution in [3.05, 3.63) is 0 Å². The first-order valence-electron chi connectivity index (χ1n) is 8.64. The first-order chi connectivity index (χ1) is 9.61. The van der Waals surface area contributed by atoms with Crippen LogP contribution in [0.5, 0.6) is 0 Å². The van der Waals surface area contributed by atoms with Gasteiger partial charge in [-0.1, -0.05) is 51.4 Å². The Bertz CT molecular complexity index is 233. The van der Waals surface area contributed by atoms with E-state index >= 15 is 0 Å². The van der Waals surface area contributed by atoms with Crippen LogP contribution in [-0.2, 0) is 0 Å². The summed E-state index contributed by atoms with van der Waals surface area (Å²) >= 11 is 0. The Labute approximate surface area is 126 Å². The van der Waals surface area contributed by atoms with Gasteiger partial charge < -0.3 is 10.0 Å². The first-order valence-corrected chi connectivity index (χ1v) is 8.64. The van der Waals surface area contributed by atoms with Crippen molar-refractivity contribution in [1.82, 2.24) is 9.80 Å². The molecule has 0 aromatic carbocycles. The van der Waals surface area contributed by atoms with E-state index in [-0.39, 0.29) is 6.10 Å². The molecule has 0 aromatic rings. The van der Waals surface area contributed by atoms with Gasteiger partial charge in [-0.2, -0.15) is 0 Å². The minimum atomic E-state index is -0.137. The monoisotopic (exact) mass is 284 g/mol. The van der Waals surface area contributed by atoms with Crippen molar-refractivity contribution in [2.75, 3.05) is 34.2 Å². The van der Waals surface area contributed by atoms with Crippen molar-refractivity contribution >= 4 is 0 Å². The average Bonchev–Trinajstić information content (AvgIpc) is 2.40. The molecule has 0 radical (unpaired) electrons. The van der Waals surface area contributed by atoms with Gasteiger partial charge in [-0.15, -0.1) is 0 Å². The summed E-state index contributed by atoms with van der Waals surface area (Å²) in [5.74, 6) is 0. The standard InChI is InChI=1S/C17H36N2O/c1-18(2)14-15-19(3)16-12-10-8-6-4-5-7-9-11-13-17(16)20/h16-17,20H,4-15H2,1-3H3. The number of hydrogen-bond donors (Lipinski definition) is 1. The molecule has 1 fully saturated rings. The van der Waals surface area contributed by atoms with E-state index in [0.717, 1.165) is 25.9 Å². The Balaban J connectivity index is 2.46. The summed E-state index contributed by atoms with van der Waals surface area (Å²) in [5.41, 5.74) is 0. The van der Waals surface area contributed by atoms with Crippen LogP contribution in [0.4, 0.5) is 0 Å². The fourth-order valence-corrected chi connectivity index (χ4v) is 3.19. The van der Waals surface area contributed by atoms with Crippen LogP contribution in [0.25, 0.3) is 0 Å². The molecule has 3 nitrogen and oxygen atoms in total. The zero-order valence-corrected chi connectivity index (χ0v) is 14.0. The molecular weight excluding hydrogens is 248 g/mol. The van der Waals surface area contributed by atoms with Gasteiger partial charge in [-0.25, -0.2) is 0 Å². The van der Waals surface area contributed by atoms with Gasteiger partial charge in [0.25, 0.3) is 0 Å². The molecule has 2 unspecified atom stereocenters. The Morgan fingerprint density at radius 3 is 1.80 bits per heavy atom. The highest BCUT2D eigenvalue weighted by molar-refractivity contribution is 4.78. The highest BCUT2D eigenvalue weighted by Crippen LogP contribution is 2.20. The van der Waals surface area contributed by atoms with Gasteiger partial charge in [0.05, 0.1) is 6.10 Å². The smallest absolute Gasteiger partial charge is 0.0695 e. The summed E-state index contributed by atoms with van der Waals surface area (Å²) in [6.07, 6.45) is 12.6. The zero-order chi connectivity index (χ0) is 14.8. The summed E-state index contributed by atoms with van der Waals surface area (Å²) in [7, 11) is 6.42. The van der Waals surface area contributed by atoms with Gasteiger partial charge in [0.2, 0.25) is 0 Å². The molecule has 0 aromatic heterocycles. The number of hydrogen-bond acceptors (Lipinski definition) is 3. The van der Waals surface area contributed by atoms with Crippen molar-refractivity contribution in [2.24, 2.45) is 0 Å². The second-order valence-electron chi connectivity index (χ2n) is 6.82. The minimum Gasteiger partial charge on any atom is -0.391 e.